The zero-order valence-corrected chi connectivity index (χ0v) is 10.6. The predicted octanol–water partition coefficient (Wildman–Crippen LogP) is 3.91. The maximum Gasteiger partial charge on any atom is 0.416 e. The highest BCUT2D eigenvalue weighted by Crippen LogP contribution is 2.29. The molecule has 0 aliphatic carbocycles. The van der Waals surface area contributed by atoms with Crippen LogP contribution in [0.25, 0.3) is 0 Å². The lowest BCUT2D eigenvalue weighted by atomic mass is 10.1. The fourth-order valence-corrected chi connectivity index (χ4v) is 2.28. The molecule has 2 aromatic rings. The Bertz CT molecular complexity index is 508. The van der Waals surface area contributed by atoms with E-state index in [-0.39, 0.29) is 6.54 Å². The van der Waals surface area contributed by atoms with Gasteiger partial charge in [0.05, 0.1) is 11.7 Å². The van der Waals surface area contributed by atoms with E-state index >= 15 is 0 Å². The first-order chi connectivity index (χ1) is 8.97. The van der Waals surface area contributed by atoms with Crippen LogP contribution in [0.1, 0.15) is 17.2 Å². The Kier molecular flexibility index (Phi) is 4.11. The molecule has 2 N–H and O–H groups in total. The van der Waals surface area contributed by atoms with Gasteiger partial charge in [0.2, 0.25) is 0 Å². The van der Waals surface area contributed by atoms with Crippen LogP contribution in [-0.2, 0) is 6.18 Å². The fraction of sp³-hybridized carbons (Fsp3) is 0.231. The highest BCUT2D eigenvalue weighted by atomic mass is 32.1. The summed E-state index contributed by atoms with van der Waals surface area (Å²) in [5, 5.41) is 16.4. The number of hydrogen-bond donors (Lipinski definition) is 2. The third-order valence-corrected chi connectivity index (χ3v) is 3.34. The summed E-state index contributed by atoms with van der Waals surface area (Å²) in [6.45, 7) is 0.252. The van der Waals surface area contributed by atoms with E-state index in [4.69, 9.17) is 0 Å². The van der Waals surface area contributed by atoms with Crippen molar-refractivity contribution in [3.63, 3.8) is 0 Å². The first kappa shape index (κ1) is 13.9. The van der Waals surface area contributed by atoms with E-state index in [1.807, 2.05) is 16.8 Å². The summed E-state index contributed by atoms with van der Waals surface area (Å²) < 4.78 is 37.1. The minimum absolute atomic E-state index is 0.252. The van der Waals surface area contributed by atoms with Crippen LogP contribution in [0.4, 0.5) is 18.9 Å². The number of halogens is 3. The molecule has 0 amide bonds. The number of aliphatic hydroxyl groups is 1. The molecule has 0 fully saturated rings. The third kappa shape index (κ3) is 3.71. The topological polar surface area (TPSA) is 32.3 Å². The molecule has 1 aromatic heterocycles. The quantitative estimate of drug-likeness (QED) is 0.893. The summed E-state index contributed by atoms with van der Waals surface area (Å²) in [4.78, 5) is 0. The van der Waals surface area contributed by atoms with Crippen molar-refractivity contribution in [1.29, 1.82) is 0 Å². The number of aliphatic hydroxyl groups excluding tert-OH is 1. The monoisotopic (exact) mass is 287 g/mol. The second kappa shape index (κ2) is 5.63. The van der Waals surface area contributed by atoms with Gasteiger partial charge in [0.15, 0.2) is 0 Å². The number of rotatable bonds is 4. The van der Waals surface area contributed by atoms with Crippen molar-refractivity contribution in [3.05, 3.63) is 52.2 Å². The van der Waals surface area contributed by atoms with E-state index in [0.29, 0.717) is 5.69 Å². The van der Waals surface area contributed by atoms with Gasteiger partial charge < -0.3 is 10.4 Å². The van der Waals surface area contributed by atoms with Crippen molar-refractivity contribution in [2.45, 2.75) is 12.3 Å². The Morgan fingerprint density at radius 2 is 1.84 bits per heavy atom. The molecule has 1 heterocycles. The van der Waals surface area contributed by atoms with Crippen molar-refractivity contribution < 1.29 is 18.3 Å². The molecule has 0 saturated carbocycles. The molecule has 2 rings (SSSR count). The Morgan fingerprint density at radius 1 is 1.16 bits per heavy atom. The van der Waals surface area contributed by atoms with Crippen LogP contribution in [-0.4, -0.2) is 11.7 Å². The Labute approximate surface area is 112 Å². The SMILES string of the molecule is OC(CNc1ccc(C(F)(F)F)cc1)c1ccsc1. The van der Waals surface area contributed by atoms with Crippen LogP contribution in [0.15, 0.2) is 41.1 Å². The van der Waals surface area contributed by atoms with Crippen molar-refractivity contribution >= 4 is 17.0 Å². The minimum atomic E-state index is -4.32. The van der Waals surface area contributed by atoms with Gasteiger partial charge in [-0.1, -0.05) is 0 Å². The van der Waals surface area contributed by atoms with E-state index in [1.165, 1.54) is 23.5 Å². The standard InChI is InChI=1S/C13H12F3NOS/c14-13(15,16)10-1-3-11(4-2-10)17-7-12(18)9-5-6-19-8-9/h1-6,8,12,17-18H,7H2. The Balaban J connectivity index is 1.93. The summed E-state index contributed by atoms with van der Waals surface area (Å²) in [5.41, 5.74) is 0.656. The highest BCUT2D eigenvalue weighted by Gasteiger charge is 2.29. The second-order valence-electron chi connectivity index (χ2n) is 4.03. The predicted molar refractivity (Wildman–Crippen MR) is 69.2 cm³/mol. The van der Waals surface area contributed by atoms with Crippen molar-refractivity contribution in [3.8, 4) is 0 Å². The van der Waals surface area contributed by atoms with Crippen LogP contribution in [0, 0.1) is 0 Å². The molecule has 0 spiro atoms. The maximum atomic E-state index is 12.4. The first-order valence-corrected chi connectivity index (χ1v) is 6.52. The second-order valence-corrected chi connectivity index (χ2v) is 4.81. The molecule has 1 atom stereocenters. The number of alkyl halides is 3. The minimum Gasteiger partial charge on any atom is -0.387 e. The van der Waals surface area contributed by atoms with Crippen LogP contribution in [0.3, 0.4) is 0 Å². The smallest absolute Gasteiger partial charge is 0.387 e. The van der Waals surface area contributed by atoms with Gasteiger partial charge in [-0.3, -0.25) is 0 Å². The average Bonchev–Trinajstić information content (AvgIpc) is 2.89. The van der Waals surface area contributed by atoms with Crippen LogP contribution in [0.2, 0.25) is 0 Å². The van der Waals surface area contributed by atoms with E-state index < -0.39 is 17.8 Å². The molecule has 1 unspecified atom stereocenters. The summed E-state index contributed by atoms with van der Waals surface area (Å²) in [5.74, 6) is 0. The third-order valence-electron chi connectivity index (χ3n) is 2.64. The number of nitrogens with one attached hydrogen (secondary N) is 1. The Hall–Kier alpha value is -1.53. The van der Waals surface area contributed by atoms with Crippen molar-refractivity contribution in [2.75, 3.05) is 11.9 Å². The van der Waals surface area contributed by atoms with Crippen LogP contribution < -0.4 is 5.32 Å². The fourth-order valence-electron chi connectivity index (χ4n) is 1.57. The lowest BCUT2D eigenvalue weighted by Gasteiger charge is -2.12. The molecule has 0 aliphatic heterocycles. The maximum absolute atomic E-state index is 12.4. The number of thiophene rings is 1. The molecule has 19 heavy (non-hydrogen) atoms. The Morgan fingerprint density at radius 3 is 2.37 bits per heavy atom. The normalized spacial score (nSPS) is 13.3. The van der Waals surface area contributed by atoms with Gasteiger partial charge in [-0.05, 0) is 46.7 Å². The van der Waals surface area contributed by atoms with Gasteiger partial charge in [0, 0.05) is 12.2 Å². The largest absolute Gasteiger partial charge is 0.416 e. The van der Waals surface area contributed by atoms with Gasteiger partial charge >= 0.3 is 6.18 Å². The van der Waals surface area contributed by atoms with E-state index in [2.05, 4.69) is 5.32 Å². The number of anilines is 1. The molecule has 102 valence electrons. The zero-order chi connectivity index (χ0) is 13.9. The van der Waals surface area contributed by atoms with E-state index in [1.54, 1.807) is 0 Å². The molecular formula is C13H12F3NOS. The molecule has 2 nitrogen and oxygen atoms in total. The lowest BCUT2D eigenvalue weighted by Crippen LogP contribution is -2.11. The van der Waals surface area contributed by atoms with Crippen LogP contribution in [0.5, 0.6) is 0 Å². The molecule has 0 bridgehead atoms. The van der Waals surface area contributed by atoms with Gasteiger partial charge in [-0.15, -0.1) is 0 Å². The summed E-state index contributed by atoms with van der Waals surface area (Å²) >= 11 is 1.48. The molecule has 1 aromatic carbocycles. The van der Waals surface area contributed by atoms with E-state index in [9.17, 15) is 18.3 Å². The highest BCUT2D eigenvalue weighted by molar-refractivity contribution is 7.07. The molecule has 0 aliphatic rings. The van der Waals surface area contributed by atoms with Gasteiger partial charge in [-0.2, -0.15) is 24.5 Å². The van der Waals surface area contributed by atoms with Crippen LogP contribution >= 0.6 is 11.3 Å². The van der Waals surface area contributed by atoms with E-state index in [0.717, 1.165) is 17.7 Å². The van der Waals surface area contributed by atoms with Gasteiger partial charge in [0.1, 0.15) is 0 Å². The van der Waals surface area contributed by atoms with Crippen molar-refractivity contribution in [2.24, 2.45) is 0 Å². The number of benzene rings is 1. The van der Waals surface area contributed by atoms with Gasteiger partial charge in [0.25, 0.3) is 0 Å². The van der Waals surface area contributed by atoms with Gasteiger partial charge in [-0.25, -0.2) is 0 Å². The summed E-state index contributed by atoms with van der Waals surface area (Å²) in [7, 11) is 0. The lowest BCUT2D eigenvalue weighted by molar-refractivity contribution is -0.137. The average molecular weight is 287 g/mol. The van der Waals surface area contributed by atoms with Crippen molar-refractivity contribution in [1.82, 2.24) is 0 Å². The molecular weight excluding hydrogens is 275 g/mol. The molecule has 0 radical (unpaired) electrons. The number of hydrogen-bond acceptors (Lipinski definition) is 3. The zero-order valence-electron chi connectivity index (χ0n) is 9.82. The summed E-state index contributed by atoms with van der Waals surface area (Å²) in [6.07, 6.45) is -5.00. The molecule has 0 saturated heterocycles. The molecule has 6 heteroatoms. The summed E-state index contributed by atoms with van der Waals surface area (Å²) in [6, 6.07) is 6.54. The first-order valence-electron chi connectivity index (χ1n) is 5.58.